The molecule has 0 aliphatic rings. The highest BCUT2D eigenvalue weighted by Crippen LogP contribution is 2.43. The van der Waals surface area contributed by atoms with Crippen LogP contribution in [0, 0.1) is 0 Å². The van der Waals surface area contributed by atoms with E-state index in [-0.39, 0.29) is 19.1 Å². The molecule has 0 saturated heterocycles. The standard InChI is InChI=1S/C71H141N2O6P/c1-6-8-10-12-14-16-18-20-22-24-26-28-30-32-33-34-35-36-37-38-39-41-43-45-47-49-51-53-55-57-59-61-63-65-71(75)72-69(68-79-80(76,77)78-67-66-73(3,4)5)70(74)64-62-60-58-56-54-52-50-48-46-44-42-40-31-29-27-25-23-21-19-17-15-13-11-9-7-2/h32-33,62,64,69-70,74H,6-31,34-61,63,65-68H2,1-5H3,(H-,72,75,76,77)/p+1/b33-32-,64-62+. The Bertz CT molecular complexity index is 1350. The van der Waals surface area contributed by atoms with Gasteiger partial charge >= 0.3 is 7.82 Å². The van der Waals surface area contributed by atoms with Gasteiger partial charge < -0.3 is 19.8 Å². The predicted molar refractivity (Wildman–Crippen MR) is 351 cm³/mol. The zero-order valence-electron chi connectivity index (χ0n) is 54.6. The molecule has 8 nitrogen and oxygen atoms in total. The number of aliphatic hydroxyl groups excluding tert-OH is 1. The Morgan fingerprint density at radius 2 is 0.675 bits per heavy atom. The number of nitrogens with zero attached hydrogens (tertiary/aromatic N) is 1. The van der Waals surface area contributed by atoms with Gasteiger partial charge in [0.15, 0.2) is 0 Å². The largest absolute Gasteiger partial charge is 0.472 e. The highest BCUT2D eigenvalue weighted by molar-refractivity contribution is 7.47. The third-order valence-corrected chi connectivity index (χ3v) is 17.6. The zero-order chi connectivity index (χ0) is 58.4. The maximum atomic E-state index is 13.1. The van der Waals surface area contributed by atoms with Gasteiger partial charge in [0.1, 0.15) is 13.2 Å². The van der Waals surface area contributed by atoms with Crippen molar-refractivity contribution in [3.05, 3.63) is 24.3 Å². The van der Waals surface area contributed by atoms with Gasteiger partial charge in [0.05, 0.1) is 39.9 Å². The van der Waals surface area contributed by atoms with E-state index in [4.69, 9.17) is 9.05 Å². The van der Waals surface area contributed by atoms with Crippen LogP contribution < -0.4 is 5.32 Å². The van der Waals surface area contributed by atoms with Gasteiger partial charge in [-0.3, -0.25) is 13.8 Å². The molecule has 3 N–H and O–H groups in total. The number of quaternary nitrogens is 1. The molecular formula is C71H142N2O6P+. The zero-order valence-corrected chi connectivity index (χ0v) is 55.5. The van der Waals surface area contributed by atoms with Crippen molar-refractivity contribution in [1.29, 1.82) is 0 Å². The van der Waals surface area contributed by atoms with Crippen LogP contribution in [0.25, 0.3) is 0 Å². The number of hydrogen-bond acceptors (Lipinski definition) is 5. The molecule has 0 aromatic rings. The Kier molecular flexibility index (Phi) is 61.7. The third-order valence-electron chi connectivity index (χ3n) is 16.7. The average molecular weight is 1150 g/mol. The van der Waals surface area contributed by atoms with E-state index < -0.39 is 20.0 Å². The molecule has 3 atom stereocenters. The fourth-order valence-corrected chi connectivity index (χ4v) is 11.8. The number of aliphatic hydroxyl groups is 1. The van der Waals surface area contributed by atoms with Crippen LogP contribution in [0.5, 0.6) is 0 Å². The molecule has 80 heavy (non-hydrogen) atoms. The second-order valence-electron chi connectivity index (χ2n) is 26.0. The van der Waals surface area contributed by atoms with E-state index >= 15 is 0 Å². The smallest absolute Gasteiger partial charge is 0.387 e. The van der Waals surface area contributed by atoms with Crippen molar-refractivity contribution in [3.8, 4) is 0 Å². The summed E-state index contributed by atoms with van der Waals surface area (Å²) in [4.78, 5) is 23.4. The number of phosphoric ester groups is 1. The van der Waals surface area contributed by atoms with Crippen LogP contribution in [0.15, 0.2) is 24.3 Å². The van der Waals surface area contributed by atoms with E-state index in [9.17, 15) is 19.4 Å². The molecule has 0 aromatic heterocycles. The van der Waals surface area contributed by atoms with Crippen molar-refractivity contribution in [3.63, 3.8) is 0 Å². The van der Waals surface area contributed by atoms with Gasteiger partial charge in [-0.2, -0.15) is 0 Å². The van der Waals surface area contributed by atoms with Gasteiger partial charge in [0.2, 0.25) is 5.91 Å². The van der Waals surface area contributed by atoms with Gasteiger partial charge in [0, 0.05) is 6.42 Å². The number of likely N-dealkylation sites (N-methyl/N-ethyl adjacent to an activating group) is 1. The first-order valence-electron chi connectivity index (χ1n) is 35.7. The number of rotatable bonds is 67. The maximum Gasteiger partial charge on any atom is 0.472 e. The van der Waals surface area contributed by atoms with Crippen molar-refractivity contribution < 1.29 is 32.9 Å². The predicted octanol–water partition coefficient (Wildman–Crippen LogP) is 22.7. The average Bonchev–Trinajstić information content (AvgIpc) is 3.42. The molecule has 0 fully saturated rings. The van der Waals surface area contributed by atoms with E-state index in [0.29, 0.717) is 17.4 Å². The minimum atomic E-state index is -4.35. The lowest BCUT2D eigenvalue weighted by Crippen LogP contribution is -2.45. The fourth-order valence-electron chi connectivity index (χ4n) is 11.1. The molecule has 0 aliphatic heterocycles. The summed E-state index contributed by atoms with van der Waals surface area (Å²) in [6.07, 6.45) is 81.9. The summed E-state index contributed by atoms with van der Waals surface area (Å²) >= 11 is 0. The quantitative estimate of drug-likeness (QED) is 0.0243. The summed E-state index contributed by atoms with van der Waals surface area (Å²) in [6.45, 7) is 4.88. The first kappa shape index (κ1) is 79.0. The lowest BCUT2D eigenvalue weighted by atomic mass is 10.0. The molecule has 0 saturated carbocycles. The molecule has 0 bridgehead atoms. The Hall–Kier alpha value is -1.02. The van der Waals surface area contributed by atoms with Crippen LogP contribution in [-0.4, -0.2) is 73.4 Å². The van der Waals surface area contributed by atoms with Gasteiger partial charge in [-0.25, -0.2) is 4.57 Å². The molecule has 0 radical (unpaired) electrons. The summed E-state index contributed by atoms with van der Waals surface area (Å²) in [5.41, 5.74) is 0. The number of amides is 1. The molecule has 476 valence electrons. The Morgan fingerprint density at radius 1 is 0.412 bits per heavy atom. The van der Waals surface area contributed by atoms with Crippen molar-refractivity contribution in [2.45, 2.75) is 386 Å². The topological polar surface area (TPSA) is 105 Å². The summed E-state index contributed by atoms with van der Waals surface area (Å²) < 4.78 is 23.8. The maximum absolute atomic E-state index is 13.1. The highest BCUT2D eigenvalue weighted by Gasteiger charge is 2.28. The minimum Gasteiger partial charge on any atom is -0.387 e. The van der Waals surface area contributed by atoms with Crippen LogP contribution in [0.2, 0.25) is 0 Å². The monoisotopic (exact) mass is 1150 g/mol. The van der Waals surface area contributed by atoms with Gasteiger partial charge in [-0.15, -0.1) is 0 Å². The minimum absolute atomic E-state index is 0.0643. The van der Waals surface area contributed by atoms with E-state index in [1.54, 1.807) is 6.08 Å². The number of unbranched alkanes of at least 4 members (excludes halogenated alkanes) is 52. The summed E-state index contributed by atoms with van der Waals surface area (Å²) in [7, 11) is 1.59. The number of phosphoric acid groups is 1. The van der Waals surface area contributed by atoms with Gasteiger partial charge in [-0.1, -0.05) is 346 Å². The summed E-state index contributed by atoms with van der Waals surface area (Å²) in [6, 6.07) is -0.846. The van der Waals surface area contributed by atoms with Crippen molar-refractivity contribution in [1.82, 2.24) is 5.32 Å². The molecule has 3 unspecified atom stereocenters. The number of carbonyl (C=O) groups excluding carboxylic acids is 1. The fraction of sp³-hybridized carbons (Fsp3) is 0.930. The second-order valence-corrected chi connectivity index (χ2v) is 27.4. The Morgan fingerprint density at radius 3 is 0.963 bits per heavy atom. The van der Waals surface area contributed by atoms with Crippen LogP contribution >= 0.6 is 7.82 Å². The van der Waals surface area contributed by atoms with E-state index in [0.717, 1.165) is 32.1 Å². The normalized spacial score (nSPS) is 13.7. The molecule has 1 amide bonds. The molecule has 0 rings (SSSR count). The van der Waals surface area contributed by atoms with Crippen LogP contribution in [0.4, 0.5) is 0 Å². The summed E-state index contributed by atoms with van der Waals surface area (Å²) in [5.74, 6) is -0.169. The molecular weight excluding hydrogens is 1010 g/mol. The number of allylic oxidation sites excluding steroid dienone is 3. The number of hydrogen-bond donors (Lipinski definition) is 3. The first-order valence-corrected chi connectivity index (χ1v) is 37.2. The number of carbonyl (C=O) groups is 1. The lowest BCUT2D eigenvalue weighted by Gasteiger charge is -2.25. The molecule has 0 heterocycles. The van der Waals surface area contributed by atoms with Crippen molar-refractivity contribution in [2.75, 3.05) is 40.9 Å². The highest BCUT2D eigenvalue weighted by atomic mass is 31.2. The first-order chi connectivity index (χ1) is 39.0. The van der Waals surface area contributed by atoms with Crippen LogP contribution in [0.3, 0.4) is 0 Å². The Balaban J connectivity index is 4.01. The van der Waals surface area contributed by atoms with E-state index in [1.165, 1.54) is 321 Å². The Labute approximate surface area is 500 Å². The lowest BCUT2D eigenvalue weighted by molar-refractivity contribution is -0.870. The van der Waals surface area contributed by atoms with Gasteiger partial charge in [-0.05, 0) is 44.9 Å². The molecule has 0 spiro atoms. The van der Waals surface area contributed by atoms with E-state index in [1.807, 2.05) is 27.2 Å². The molecule has 0 aliphatic carbocycles. The van der Waals surface area contributed by atoms with Crippen LogP contribution in [0.1, 0.15) is 373 Å². The van der Waals surface area contributed by atoms with E-state index in [2.05, 4.69) is 31.3 Å². The third kappa shape index (κ3) is 64.5. The van der Waals surface area contributed by atoms with Gasteiger partial charge in [0.25, 0.3) is 0 Å². The second kappa shape index (κ2) is 62.5. The molecule has 9 heteroatoms. The number of nitrogens with one attached hydrogen (secondary N) is 1. The van der Waals surface area contributed by atoms with Crippen LogP contribution in [-0.2, 0) is 18.4 Å². The van der Waals surface area contributed by atoms with Crippen molar-refractivity contribution in [2.24, 2.45) is 0 Å². The van der Waals surface area contributed by atoms with Crippen molar-refractivity contribution >= 4 is 13.7 Å². The SMILES string of the molecule is CCCCCCCCCCCCCC/C=C\CCCCCCCCCCCCCCCCCCCC(=O)NC(COP(=O)(O)OCC[N+](C)(C)C)C(O)/C=C/CCCCCCCCCCCCCCCCCCCCCCCCC. The summed E-state index contributed by atoms with van der Waals surface area (Å²) in [5, 5.41) is 14.0. The molecule has 0 aromatic carbocycles.